The molecule has 54 heavy (non-hydrogen) atoms. The number of aromatic amines is 1. The minimum atomic E-state index is -1.32. The monoisotopic (exact) mass is 766 g/mol. The van der Waals surface area contributed by atoms with Crippen LogP contribution in [-0.4, -0.2) is 50.6 Å². The lowest BCUT2D eigenvalue weighted by atomic mass is 9.71. The molecule has 1 spiro atoms. The fourth-order valence-electron chi connectivity index (χ4n) is 7.98. The Bertz CT molecular complexity index is 2540. The van der Waals surface area contributed by atoms with Crippen molar-refractivity contribution in [3.63, 3.8) is 0 Å². The van der Waals surface area contributed by atoms with E-state index in [1.165, 1.54) is 0 Å². The van der Waals surface area contributed by atoms with E-state index in [1.54, 1.807) is 12.1 Å². The zero-order valence-electron chi connectivity index (χ0n) is 29.7. The first-order valence-electron chi connectivity index (χ1n) is 17.8. The summed E-state index contributed by atoms with van der Waals surface area (Å²) in [6, 6.07) is 14.1. The molecule has 0 saturated carbocycles. The normalized spacial score (nSPS) is 20.4. The highest BCUT2D eigenvalue weighted by Crippen LogP contribution is 2.57. The topological polar surface area (TPSA) is 182 Å². The molecule has 276 valence electrons. The number of halogens is 2. The molecule has 3 aliphatic rings. The number of nitrogens with two attached hydrogens (primary N) is 1. The summed E-state index contributed by atoms with van der Waals surface area (Å²) < 4.78 is 20.2. The van der Waals surface area contributed by atoms with Gasteiger partial charge in [0.15, 0.2) is 22.4 Å². The van der Waals surface area contributed by atoms with Gasteiger partial charge in [-0.05, 0) is 35.1 Å². The van der Waals surface area contributed by atoms with Crippen molar-refractivity contribution < 1.29 is 28.3 Å². The Labute approximate surface area is 319 Å². The van der Waals surface area contributed by atoms with Crippen LogP contribution < -0.4 is 21.1 Å². The largest absolute Gasteiger partial charge is 0.508 e. The number of carbonyl (C=O) groups excluding carboxylic acids is 2. The fourth-order valence-corrected chi connectivity index (χ4v) is 8.47. The van der Waals surface area contributed by atoms with Gasteiger partial charge in [0.25, 0.3) is 5.89 Å². The lowest BCUT2D eigenvalue weighted by Crippen LogP contribution is -2.54. The van der Waals surface area contributed by atoms with Gasteiger partial charge in [0.1, 0.15) is 40.8 Å². The minimum Gasteiger partial charge on any atom is -0.508 e. The second kappa shape index (κ2) is 12.4. The van der Waals surface area contributed by atoms with Crippen LogP contribution in [-0.2, 0) is 21.4 Å². The zero-order chi connectivity index (χ0) is 37.8. The molecule has 14 heteroatoms. The molecule has 0 aliphatic carbocycles. The zero-order valence-corrected chi connectivity index (χ0v) is 31.2. The van der Waals surface area contributed by atoms with Gasteiger partial charge >= 0.3 is 0 Å². The van der Waals surface area contributed by atoms with Gasteiger partial charge in [-0.1, -0.05) is 93.4 Å². The van der Waals surface area contributed by atoms with Crippen molar-refractivity contribution in [3.05, 3.63) is 93.2 Å². The average Bonchev–Trinajstić information content (AvgIpc) is 3.92. The van der Waals surface area contributed by atoms with Crippen LogP contribution in [0.15, 0.2) is 63.4 Å². The van der Waals surface area contributed by atoms with Crippen molar-refractivity contribution in [1.29, 1.82) is 0 Å². The van der Waals surface area contributed by atoms with Gasteiger partial charge in [0, 0.05) is 34.0 Å². The lowest BCUT2D eigenvalue weighted by molar-refractivity contribution is -0.130. The lowest BCUT2D eigenvalue weighted by Gasteiger charge is -2.30. The summed E-state index contributed by atoms with van der Waals surface area (Å²) in [5.74, 6) is -0.0855. The molecule has 3 aromatic carbocycles. The quantitative estimate of drug-likeness (QED) is 0.126. The van der Waals surface area contributed by atoms with Crippen LogP contribution in [0.1, 0.15) is 62.1 Å². The molecule has 9 rings (SSSR count). The molecule has 1 unspecified atom stereocenters. The Kier molecular flexibility index (Phi) is 7.90. The number of fused-ring (bicyclic) bond motifs is 8. The van der Waals surface area contributed by atoms with Crippen molar-refractivity contribution in [1.82, 2.24) is 25.6 Å². The second-order valence-corrected chi connectivity index (χ2v) is 15.6. The first-order chi connectivity index (χ1) is 25.9. The number of phenols is 1. The van der Waals surface area contributed by atoms with Crippen LogP contribution in [0.2, 0.25) is 10.3 Å². The Morgan fingerprint density at radius 1 is 1.04 bits per heavy atom. The molecule has 6 heterocycles. The van der Waals surface area contributed by atoms with Crippen LogP contribution in [0.5, 0.6) is 11.5 Å². The number of phenolic OH excluding ortho intramolecular Hbond substituents is 1. The van der Waals surface area contributed by atoms with Crippen molar-refractivity contribution >= 4 is 45.9 Å². The standard InChI is InChI=1S/C40H36Cl2N6O6/c1-16(2)28(43)37(51)45-24-14-18-11-12-25(49)22(13-18)40-15-52-31-20(8-5-9-21(31)40)19-7-6-10-23-26(19)27(34(41)44-23)32-35(42)48-39(53-32)30-33(40)54-38(47-30)29(17(3)4)46-36(24)50/h5-13,16-17,24,28-29,44,49H,14-15,43H2,1-4H3,(H,45,51)(H,46,50)/t24-,28?,29-,40+/m1/s1. The highest BCUT2D eigenvalue weighted by Gasteiger charge is 2.53. The molecule has 6 N–H and O–H groups in total. The number of hydrogen-bond acceptors (Lipinski definition) is 9. The third-order valence-corrected chi connectivity index (χ3v) is 11.4. The van der Waals surface area contributed by atoms with Crippen LogP contribution >= 0.6 is 23.2 Å². The molecule has 10 bridgehead atoms. The van der Waals surface area contributed by atoms with Gasteiger partial charge in [-0.15, -0.1) is 0 Å². The molecule has 12 nitrogen and oxygen atoms in total. The summed E-state index contributed by atoms with van der Waals surface area (Å²) >= 11 is 13.8. The molecule has 3 aromatic heterocycles. The summed E-state index contributed by atoms with van der Waals surface area (Å²) in [5, 5.41) is 19.0. The fraction of sp³-hybridized carbons (Fsp3) is 0.300. The molecular formula is C40H36Cl2N6O6. The van der Waals surface area contributed by atoms with E-state index in [9.17, 15) is 14.7 Å². The third kappa shape index (κ3) is 5.00. The highest BCUT2D eigenvalue weighted by molar-refractivity contribution is 6.37. The maximum Gasteiger partial charge on any atom is 0.250 e. The number of para-hydroxylation sites is 1. The van der Waals surface area contributed by atoms with Crippen molar-refractivity contribution in [2.24, 2.45) is 17.6 Å². The number of aromatic hydroxyl groups is 1. The van der Waals surface area contributed by atoms with Gasteiger partial charge in [-0.2, -0.15) is 4.98 Å². The predicted molar refractivity (Wildman–Crippen MR) is 202 cm³/mol. The molecule has 0 radical (unpaired) electrons. The van der Waals surface area contributed by atoms with Crippen LogP contribution in [0, 0.1) is 11.8 Å². The molecule has 2 amide bonds. The number of oxazole rings is 2. The number of hydrogen-bond donors (Lipinski definition) is 5. The van der Waals surface area contributed by atoms with E-state index in [1.807, 2.05) is 70.2 Å². The van der Waals surface area contributed by atoms with E-state index in [4.69, 9.17) is 47.5 Å². The number of rotatable bonds is 4. The van der Waals surface area contributed by atoms with Crippen molar-refractivity contribution in [2.75, 3.05) is 6.61 Å². The minimum absolute atomic E-state index is 0.00186. The van der Waals surface area contributed by atoms with Gasteiger partial charge in [-0.25, -0.2) is 4.98 Å². The Hall–Kier alpha value is -5.30. The van der Waals surface area contributed by atoms with E-state index in [0.717, 1.165) is 22.0 Å². The Balaban J connectivity index is 1.37. The van der Waals surface area contributed by atoms with Crippen LogP contribution in [0.25, 0.3) is 44.9 Å². The van der Waals surface area contributed by atoms with Gasteiger partial charge < -0.3 is 40.0 Å². The third-order valence-electron chi connectivity index (χ3n) is 10.9. The van der Waals surface area contributed by atoms with Gasteiger partial charge in [-0.3, -0.25) is 9.59 Å². The molecule has 3 aliphatic heterocycles. The highest BCUT2D eigenvalue weighted by atomic mass is 35.5. The van der Waals surface area contributed by atoms with Gasteiger partial charge in [0.05, 0.1) is 11.6 Å². The number of benzene rings is 3. The smallest absolute Gasteiger partial charge is 0.250 e. The molecule has 0 saturated heterocycles. The van der Waals surface area contributed by atoms with E-state index in [2.05, 4.69) is 20.6 Å². The number of nitrogens with one attached hydrogen (secondary N) is 3. The number of aromatic nitrogens is 3. The van der Waals surface area contributed by atoms with Crippen LogP contribution in [0.3, 0.4) is 0 Å². The van der Waals surface area contributed by atoms with Crippen LogP contribution in [0.4, 0.5) is 0 Å². The number of H-pyrrole nitrogens is 1. The maximum atomic E-state index is 14.2. The first kappa shape index (κ1) is 34.5. The maximum absolute atomic E-state index is 14.2. The SMILES string of the molecule is CC(C)C(N)C(=O)N[C@@H]1Cc2ccc(O)c(c2)[C@]23COc4c(cccc42)-c2cccc4[nH]c(Cl)c(c24)-c2oc(nc2Cl)-c2nc(oc23)[C@@H](C(C)C)NC1=O. The van der Waals surface area contributed by atoms with Crippen molar-refractivity contribution in [3.8, 4) is 45.5 Å². The Morgan fingerprint density at radius 2 is 1.81 bits per heavy atom. The molecule has 0 fully saturated rings. The molecular weight excluding hydrogens is 731 g/mol. The summed E-state index contributed by atoms with van der Waals surface area (Å²) in [7, 11) is 0. The number of amides is 2. The van der Waals surface area contributed by atoms with E-state index >= 15 is 0 Å². The van der Waals surface area contributed by atoms with E-state index in [0.29, 0.717) is 33.2 Å². The average molecular weight is 768 g/mol. The molecule has 6 aromatic rings. The summed E-state index contributed by atoms with van der Waals surface area (Å²) in [6.45, 7) is 7.53. The van der Waals surface area contributed by atoms with Crippen molar-refractivity contribution in [2.45, 2.75) is 57.7 Å². The number of ether oxygens (including phenoxy) is 1. The summed E-state index contributed by atoms with van der Waals surface area (Å²) in [5.41, 5.74) is 9.74. The second-order valence-electron chi connectivity index (χ2n) is 14.9. The van der Waals surface area contributed by atoms with Gasteiger partial charge in [0.2, 0.25) is 17.7 Å². The molecule has 4 atom stereocenters. The number of nitrogens with zero attached hydrogens (tertiary/aromatic N) is 2. The van der Waals surface area contributed by atoms with E-state index < -0.39 is 35.4 Å². The Morgan fingerprint density at radius 3 is 2.59 bits per heavy atom. The summed E-state index contributed by atoms with van der Waals surface area (Å²) in [6.07, 6.45) is 0.0985. The predicted octanol–water partition coefficient (Wildman–Crippen LogP) is 7.04. The summed E-state index contributed by atoms with van der Waals surface area (Å²) in [4.78, 5) is 40.5. The first-order valence-corrected chi connectivity index (χ1v) is 18.6. The van der Waals surface area contributed by atoms with E-state index in [-0.39, 0.29) is 64.8 Å². The number of carbonyl (C=O) groups is 2.